The van der Waals surface area contributed by atoms with E-state index >= 15 is 0 Å². The average Bonchev–Trinajstić information content (AvgIpc) is 2.91. The van der Waals surface area contributed by atoms with Crippen LogP contribution in [-0.4, -0.2) is 23.3 Å². The standard InChI is InChI=1S/C14H19N3O2/c1-2-15-10-6-9-13-16-17-14(19-13)11-18-12-7-4-3-5-8-12/h3-5,7-8,15H,2,6,9-11H2,1H3. The molecule has 1 aromatic carbocycles. The first kappa shape index (κ1) is 13.5. The quantitative estimate of drug-likeness (QED) is 0.738. The summed E-state index contributed by atoms with van der Waals surface area (Å²) in [4.78, 5) is 0. The Balaban J connectivity index is 1.74. The van der Waals surface area contributed by atoms with Crippen molar-refractivity contribution in [3.05, 3.63) is 42.1 Å². The van der Waals surface area contributed by atoms with Crippen molar-refractivity contribution in [2.24, 2.45) is 0 Å². The van der Waals surface area contributed by atoms with Gasteiger partial charge in [-0.3, -0.25) is 0 Å². The third kappa shape index (κ3) is 4.71. The van der Waals surface area contributed by atoms with Gasteiger partial charge in [0.1, 0.15) is 5.75 Å². The predicted molar refractivity (Wildman–Crippen MR) is 71.9 cm³/mol. The largest absolute Gasteiger partial charge is 0.484 e. The molecule has 19 heavy (non-hydrogen) atoms. The summed E-state index contributed by atoms with van der Waals surface area (Å²) in [6.45, 7) is 4.35. The molecule has 0 amide bonds. The second-order valence-corrected chi connectivity index (χ2v) is 4.15. The third-order valence-corrected chi connectivity index (χ3v) is 2.61. The number of nitrogens with zero attached hydrogens (tertiary/aromatic N) is 2. The van der Waals surface area contributed by atoms with Gasteiger partial charge in [-0.25, -0.2) is 0 Å². The van der Waals surface area contributed by atoms with Crippen LogP contribution in [0, 0.1) is 0 Å². The fourth-order valence-corrected chi connectivity index (χ4v) is 1.65. The maximum atomic E-state index is 5.54. The van der Waals surface area contributed by atoms with E-state index in [4.69, 9.17) is 9.15 Å². The molecule has 1 heterocycles. The molecule has 0 unspecified atom stereocenters. The summed E-state index contributed by atoms with van der Waals surface area (Å²) in [5.41, 5.74) is 0. The van der Waals surface area contributed by atoms with Crippen molar-refractivity contribution in [2.45, 2.75) is 26.4 Å². The Kier molecular flexibility index (Phi) is 5.37. The van der Waals surface area contributed by atoms with Gasteiger partial charge in [-0.2, -0.15) is 0 Å². The highest BCUT2D eigenvalue weighted by Gasteiger charge is 2.06. The molecule has 5 nitrogen and oxygen atoms in total. The zero-order valence-corrected chi connectivity index (χ0v) is 11.1. The lowest BCUT2D eigenvalue weighted by atomic mass is 10.3. The number of aryl methyl sites for hydroxylation is 1. The summed E-state index contributed by atoms with van der Waals surface area (Å²) in [5.74, 6) is 1.99. The molecule has 0 aliphatic carbocycles. The highest BCUT2D eigenvalue weighted by atomic mass is 16.5. The lowest BCUT2D eigenvalue weighted by molar-refractivity contribution is 0.258. The molecule has 2 aromatic rings. The molecule has 0 bridgehead atoms. The molecule has 0 saturated carbocycles. The molecule has 0 spiro atoms. The van der Waals surface area contributed by atoms with E-state index in [2.05, 4.69) is 22.4 Å². The Labute approximate surface area is 113 Å². The summed E-state index contributed by atoms with van der Waals surface area (Å²) < 4.78 is 11.1. The smallest absolute Gasteiger partial charge is 0.253 e. The lowest BCUT2D eigenvalue weighted by Gasteiger charge is -2.01. The van der Waals surface area contributed by atoms with Crippen LogP contribution in [0.4, 0.5) is 0 Å². The Bertz CT molecular complexity index is 471. The minimum absolute atomic E-state index is 0.310. The number of aromatic nitrogens is 2. The molecule has 2 rings (SSSR count). The lowest BCUT2D eigenvalue weighted by Crippen LogP contribution is -2.14. The molecule has 0 atom stereocenters. The molecule has 0 aliphatic heterocycles. The van der Waals surface area contributed by atoms with Gasteiger partial charge in [0.15, 0.2) is 6.61 Å². The summed E-state index contributed by atoms with van der Waals surface area (Å²) in [6, 6.07) is 9.59. The van der Waals surface area contributed by atoms with Crippen molar-refractivity contribution in [1.82, 2.24) is 15.5 Å². The minimum Gasteiger partial charge on any atom is -0.484 e. The Morgan fingerprint density at radius 1 is 1.16 bits per heavy atom. The van der Waals surface area contributed by atoms with Crippen molar-refractivity contribution in [2.75, 3.05) is 13.1 Å². The summed E-state index contributed by atoms with van der Waals surface area (Å²) in [6.07, 6.45) is 1.79. The van der Waals surface area contributed by atoms with Crippen LogP contribution >= 0.6 is 0 Å². The van der Waals surface area contributed by atoms with E-state index in [1.54, 1.807) is 0 Å². The third-order valence-electron chi connectivity index (χ3n) is 2.61. The van der Waals surface area contributed by atoms with Gasteiger partial charge in [-0.05, 0) is 31.6 Å². The van der Waals surface area contributed by atoms with Crippen LogP contribution < -0.4 is 10.1 Å². The van der Waals surface area contributed by atoms with Crippen LogP contribution in [0.1, 0.15) is 25.1 Å². The zero-order valence-electron chi connectivity index (χ0n) is 11.1. The van der Waals surface area contributed by atoms with Gasteiger partial charge < -0.3 is 14.5 Å². The number of ether oxygens (including phenoxy) is 1. The van der Waals surface area contributed by atoms with Crippen molar-refractivity contribution < 1.29 is 9.15 Å². The Hall–Kier alpha value is -1.88. The number of rotatable bonds is 8. The number of benzene rings is 1. The second-order valence-electron chi connectivity index (χ2n) is 4.15. The van der Waals surface area contributed by atoms with Crippen LogP contribution in [0.3, 0.4) is 0 Å². The van der Waals surface area contributed by atoms with Crippen LogP contribution in [0.5, 0.6) is 5.75 Å². The molecule has 1 N–H and O–H groups in total. The fraction of sp³-hybridized carbons (Fsp3) is 0.429. The first-order chi connectivity index (χ1) is 9.38. The summed E-state index contributed by atoms with van der Waals surface area (Å²) in [7, 11) is 0. The average molecular weight is 261 g/mol. The summed E-state index contributed by atoms with van der Waals surface area (Å²) >= 11 is 0. The monoisotopic (exact) mass is 261 g/mol. The molecule has 5 heteroatoms. The van der Waals surface area contributed by atoms with E-state index < -0.39 is 0 Å². The van der Waals surface area contributed by atoms with Gasteiger partial charge in [0.25, 0.3) is 5.89 Å². The molecule has 0 saturated heterocycles. The van der Waals surface area contributed by atoms with Crippen LogP contribution in [0.25, 0.3) is 0 Å². The maximum absolute atomic E-state index is 5.54. The molecule has 1 aromatic heterocycles. The normalized spacial score (nSPS) is 10.6. The van der Waals surface area contributed by atoms with Crippen molar-refractivity contribution in [1.29, 1.82) is 0 Å². The molecule has 0 radical (unpaired) electrons. The van der Waals surface area contributed by atoms with Crippen molar-refractivity contribution >= 4 is 0 Å². The maximum Gasteiger partial charge on any atom is 0.253 e. The Morgan fingerprint density at radius 3 is 2.74 bits per heavy atom. The van der Waals surface area contributed by atoms with E-state index in [0.29, 0.717) is 18.4 Å². The topological polar surface area (TPSA) is 60.2 Å². The van der Waals surface area contributed by atoms with Gasteiger partial charge in [0.05, 0.1) is 0 Å². The fourth-order valence-electron chi connectivity index (χ4n) is 1.65. The van der Waals surface area contributed by atoms with Crippen molar-refractivity contribution in [3.63, 3.8) is 0 Å². The van der Waals surface area contributed by atoms with E-state index in [-0.39, 0.29) is 0 Å². The highest BCUT2D eigenvalue weighted by molar-refractivity contribution is 5.20. The highest BCUT2D eigenvalue weighted by Crippen LogP contribution is 2.11. The van der Waals surface area contributed by atoms with Gasteiger partial charge in [0.2, 0.25) is 5.89 Å². The van der Waals surface area contributed by atoms with Gasteiger partial charge in [-0.1, -0.05) is 25.1 Å². The Morgan fingerprint density at radius 2 is 1.95 bits per heavy atom. The van der Waals surface area contributed by atoms with Crippen LogP contribution in [0.2, 0.25) is 0 Å². The molecule has 0 aliphatic rings. The molecule has 102 valence electrons. The minimum atomic E-state index is 0.310. The number of nitrogens with one attached hydrogen (secondary N) is 1. The van der Waals surface area contributed by atoms with Gasteiger partial charge >= 0.3 is 0 Å². The molecule has 0 fully saturated rings. The van der Waals surface area contributed by atoms with Crippen LogP contribution in [-0.2, 0) is 13.0 Å². The van der Waals surface area contributed by atoms with Crippen molar-refractivity contribution in [3.8, 4) is 5.75 Å². The molecular formula is C14H19N3O2. The number of hydrogen-bond donors (Lipinski definition) is 1. The van der Waals surface area contributed by atoms with Gasteiger partial charge in [0, 0.05) is 6.42 Å². The van der Waals surface area contributed by atoms with E-state index in [0.717, 1.165) is 31.7 Å². The van der Waals surface area contributed by atoms with E-state index in [1.165, 1.54) is 0 Å². The SMILES string of the molecule is CCNCCCc1nnc(COc2ccccc2)o1. The number of hydrogen-bond acceptors (Lipinski definition) is 5. The van der Waals surface area contributed by atoms with Crippen LogP contribution in [0.15, 0.2) is 34.7 Å². The van der Waals surface area contributed by atoms with Gasteiger partial charge in [-0.15, -0.1) is 10.2 Å². The van der Waals surface area contributed by atoms with E-state index in [9.17, 15) is 0 Å². The second kappa shape index (κ2) is 7.53. The first-order valence-corrected chi connectivity index (χ1v) is 6.58. The predicted octanol–water partition coefficient (Wildman–Crippen LogP) is 2.19. The zero-order chi connectivity index (χ0) is 13.3. The molecular weight excluding hydrogens is 242 g/mol. The van der Waals surface area contributed by atoms with E-state index in [1.807, 2.05) is 30.3 Å². The first-order valence-electron chi connectivity index (χ1n) is 6.58. The summed E-state index contributed by atoms with van der Waals surface area (Å²) in [5, 5.41) is 11.2. The number of para-hydroxylation sites is 1.